The van der Waals surface area contributed by atoms with Crippen molar-refractivity contribution in [1.82, 2.24) is 4.90 Å². The summed E-state index contributed by atoms with van der Waals surface area (Å²) >= 11 is 0. The lowest BCUT2D eigenvalue weighted by Gasteiger charge is -2.24. The summed E-state index contributed by atoms with van der Waals surface area (Å²) in [6.07, 6.45) is -2.93. The molecule has 0 spiro atoms. The number of nitrogens with two attached hydrogens (primary N) is 1. The third kappa shape index (κ3) is 5.79. The Morgan fingerprint density at radius 3 is 2.62 bits per heavy atom. The lowest BCUT2D eigenvalue weighted by molar-refractivity contribution is -0.185. The monoisotopic (exact) mass is 320 g/mol. The molecule has 3 nitrogen and oxygen atoms in total. The van der Waals surface area contributed by atoms with Crippen LogP contribution in [0.2, 0.25) is 0 Å². The summed E-state index contributed by atoms with van der Waals surface area (Å²) in [4.78, 5) is 12.4. The van der Waals surface area contributed by atoms with Crippen LogP contribution >= 0.6 is 10.5 Å². The zero-order valence-corrected chi connectivity index (χ0v) is 12.8. The molecule has 1 atom stereocenters. The van der Waals surface area contributed by atoms with E-state index in [1.54, 1.807) is 24.3 Å². The van der Waals surface area contributed by atoms with Crippen LogP contribution in [0.4, 0.5) is 18.9 Å². The van der Waals surface area contributed by atoms with Gasteiger partial charge < -0.3 is 10.6 Å². The minimum absolute atomic E-state index is 0.0666. The summed E-state index contributed by atoms with van der Waals surface area (Å²) in [6.45, 7) is 1.83. The molecule has 0 saturated heterocycles. The van der Waals surface area contributed by atoms with E-state index in [0.717, 1.165) is 4.90 Å². The minimum Gasteiger partial charge on any atom is -0.399 e. The standard InChI is InChI=1S/C14H19F3N2OS/c1-3-21(2)8-7-19(13(20)14(15,16)17)10-11-5-4-6-12(18)9-11/h3-6,9H,7-8,10,18H2,1-2H3. The lowest BCUT2D eigenvalue weighted by atomic mass is 10.2. The van der Waals surface area contributed by atoms with E-state index in [4.69, 9.17) is 5.73 Å². The minimum atomic E-state index is -4.86. The summed E-state index contributed by atoms with van der Waals surface area (Å²) in [5.41, 5.74) is 6.66. The molecule has 0 radical (unpaired) electrons. The van der Waals surface area contributed by atoms with Crippen molar-refractivity contribution < 1.29 is 18.0 Å². The number of nitrogens with zero attached hydrogens (tertiary/aromatic N) is 1. The van der Waals surface area contributed by atoms with E-state index in [-0.39, 0.29) is 23.6 Å². The Bertz CT molecular complexity index is 529. The first-order valence-electron chi connectivity index (χ1n) is 6.35. The van der Waals surface area contributed by atoms with Gasteiger partial charge in [0.15, 0.2) is 0 Å². The molecule has 0 heterocycles. The van der Waals surface area contributed by atoms with Gasteiger partial charge in [0.25, 0.3) is 0 Å². The van der Waals surface area contributed by atoms with Gasteiger partial charge in [0.1, 0.15) is 0 Å². The van der Waals surface area contributed by atoms with Crippen LogP contribution in [0.15, 0.2) is 24.3 Å². The van der Waals surface area contributed by atoms with Gasteiger partial charge in [-0.2, -0.15) is 23.7 Å². The van der Waals surface area contributed by atoms with Crippen molar-refractivity contribution in [1.29, 1.82) is 0 Å². The number of carbonyl (C=O) groups is 1. The number of anilines is 1. The van der Waals surface area contributed by atoms with Crippen molar-refractivity contribution in [3.63, 3.8) is 0 Å². The maximum atomic E-state index is 12.7. The predicted octanol–water partition coefficient (Wildman–Crippen LogP) is 2.88. The molecule has 21 heavy (non-hydrogen) atoms. The second-order valence-electron chi connectivity index (χ2n) is 4.60. The highest BCUT2D eigenvalue weighted by atomic mass is 32.2. The van der Waals surface area contributed by atoms with Crippen LogP contribution in [0.3, 0.4) is 0 Å². The number of hydrogen-bond acceptors (Lipinski definition) is 2. The van der Waals surface area contributed by atoms with Crippen LogP contribution < -0.4 is 5.73 Å². The van der Waals surface area contributed by atoms with Crippen molar-refractivity contribution >= 4 is 27.4 Å². The number of amides is 1. The fraction of sp³-hybridized carbons (Fsp3) is 0.429. The predicted molar refractivity (Wildman–Crippen MR) is 82.4 cm³/mol. The van der Waals surface area contributed by atoms with Gasteiger partial charge in [-0.05, 0) is 30.9 Å². The van der Waals surface area contributed by atoms with Crippen molar-refractivity contribution in [2.75, 3.05) is 24.3 Å². The van der Waals surface area contributed by atoms with Crippen LogP contribution in [-0.4, -0.2) is 40.9 Å². The molecule has 0 aromatic heterocycles. The normalized spacial score (nSPS) is 13.2. The highest BCUT2D eigenvalue weighted by Gasteiger charge is 2.42. The summed E-state index contributed by atoms with van der Waals surface area (Å²) in [5, 5.41) is 1.93. The lowest BCUT2D eigenvalue weighted by Crippen LogP contribution is -2.41. The van der Waals surface area contributed by atoms with Gasteiger partial charge >= 0.3 is 12.1 Å². The average molecular weight is 320 g/mol. The van der Waals surface area contributed by atoms with Crippen LogP contribution in [0.5, 0.6) is 0 Å². The Balaban J connectivity index is 2.88. The van der Waals surface area contributed by atoms with E-state index in [2.05, 4.69) is 0 Å². The van der Waals surface area contributed by atoms with E-state index >= 15 is 0 Å². The Hall–Kier alpha value is -1.50. The molecular formula is C14H19F3N2OS. The molecule has 118 valence electrons. The third-order valence-corrected chi connectivity index (χ3v) is 4.57. The zero-order valence-electron chi connectivity index (χ0n) is 12.0. The Kier molecular flexibility index (Phi) is 6.26. The van der Waals surface area contributed by atoms with Crippen molar-refractivity contribution in [3.05, 3.63) is 29.8 Å². The second-order valence-corrected chi connectivity index (χ2v) is 6.86. The van der Waals surface area contributed by atoms with E-state index in [1.165, 1.54) is 0 Å². The van der Waals surface area contributed by atoms with Gasteiger partial charge in [-0.1, -0.05) is 17.5 Å². The molecule has 1 amide bonds. The third-order valence-electron chi connectivity index (χ3n) is 2.94. The molecule has 1 rings (SSSR count). The number of alkyl halides is 3. The summed E-state index contributed by atoms with van der Waals surface area (Å²) in [6, 6.07) is 6.54. The molecule has 1 aromatic carbocycles. The molecular weight excluding hydrogens is 301 g/mol. The number of hydrogen-bond donors (Lipinski definition) is 1. The maximum Gasteiger partial charge on any atom is 0.471 e. The van der Waals surface area contributed by atoms with Gasteiger partial charge in [0.2, 0.25) is 0 Å². The summed E-state index contributed by atoms with van der Waals surface area (Å²) in [7, 11) is -0.114. The van der Waals surface area contributed by atoms with Crippen molar-refractivity contribution in [2.24, 2.45) is 0 Å². The second kappa shape index (κ2) is 7.49. The van der Waals surface area contributed by atoms with E-state index in [0.29, 0.717) is 17.0 Å². The first-order chi connectivity index (χ1) is 9.74. The molecule has 7 heteroatoms. The van der Waals surface area contributed by atoms with Crippen LogP contribution in [0, 0.1) is 0 Å². The van der Waals surface area contributed by atoms with Gasteiger partial charge in [-0.15, -0.1) is 0 Å². The van der Waals surface area contributed by atoms with Crippen molar-refractivity contribution in [2.45, 2.75) is 19.6 Å². The molecule has 0 aliphatic carbocycles. The van der Waals surface area contributed by atoms with Gasteiger partial charge in [0.05, 0.1) is 0 Å². The highest BCUT2D eigenvalue weighted by Crippen LogP contribution is 2.21. The SMILES string of the molecule is C/C=S(\C)CCN(Cc1cccc(N)c1)C(=O)C(F)(F)F. The number of carbonyl (C=O) groups excluding carboxylic acids is 1. The molecule has 0 bridgehead atoms. The van der Waals surface area contributed by atoms with E-state index in [1.807, 2.05) is 18.5 Å². The number of nitrogen functional groups attached to an aromatic ring is 1. The van der Waals surface area contributed by atoms with Gasteiger partial charge in [-0.25, -0.2) is 0 Å². The number of halogens is 3. The van der Waals surface area contributed by atoms with Crippen LogP contribution in [-0.2, 0) is 11.3 Å². The summed E-state index contributed by atoms with van der Waals surface area (Å²) < 4.78 is 38.0. The maximum absolute atomic E-state index is 12.7. The van der Waals surface area contributed by atoms with Gasteiger partial charge in [-0.3, -0.25) is 4.79 Å². The molecule has 0 aliphatic heterocycles. The first-order valence-corrected chi connectivity index (χ1v) is 8.22. The molecule has 2 N–H and O–H groups in total. The fourth-order valence-corrected chi connectivity index (χ4v) is 2.46. The number of benzene rings is 1. The Morgan fingerprint density at radius 2 is 2.10 bits per heavy atom. The smallest absolute Gasteiger partial charge is 0.399 e. The topological polar surface area (TPSA) is 46.3 Å². The van der Waals surface area contributed by atoms with E-state index < -0.39 is 12.1 Å². The quantitative estimate of drug-likeness (QED) is 0.670. The fourth-order valence-electron chi connectivity index (χ4n) is 1.72. The Labute approximate surface area is 124 Å². The van der Waals surface area contributed by atoms with Gasteiger partial charge in [0, 0.05) is 24.5 Å². The van der Waals surface area contributed by atoms with Crippen LogP contribution in [0.1, 0.15) is 12.5 Å². The molecule has 1 unspecified atom stereocenters. The first kappa shape index (κ1) is 17.6. The molecule has 0 saturated carbocycles. The molecule has 0 aliphatic rings. The summed E-state index contributed by atoms with van der Waals surface area (Å²) in [5.74, 6) is -1.29. The van der Waals surface area contributed by atoms with Crippen LogP contribution in [0.25, 0.3) is 0 Å². The van der Waals surface area contributed by atoms with E-state index in [9.17, 15) is 18.0 Å². The van der Waals surface area contributed by atoms with Crippen molar-refractivity contribution in [3.8, 4) is 0 Å². The highest BCUT2D eigenvalue weighted by molar-refractivity contribution is 8.14. The largest absolute Gasteiger partial charge is 0.471 e. The zero-order chi connectivity index (χ0) is 16.0. The molecule has 0 fully saturated rings. The average Bonchev–Trinajstić information content (AvgIpc) is 2.41. The number of rotatable bonds is 5. The Morgan fingerprint density at radius 1 is 1.43 bits per heavy atom. The molecule has 1 aromatic rings.